The number of nitro groups is 1. The summed E-state index contributed by atoms with van der Waals surface area (Å²) in [7, 11) is 0. The van der Waals surface area contributed by atoms with E-state index >= 15 is 0 Å². The number of hydrogen-bond acceptors (Lipinski definition) is 6. The zero-order valence-corrected chi connectivity index (χ0v) is 15.0. The van der Waals surface area contributed by atoms with Gasteiger partial charge < -0.3 is 9.47 Å². The van der Waals surface area contributed by atoms with Gasteiger partial charge in [0, 0.05) is 11.6 Å². The summed E-state index contributed by atoms with van der Waals surface area (Å²) in [6.07, 6.45) is 0. The molecule has 2 rings (SSSR count). The van der Waals surface area contributed by atoms with E-state index in [1.54, 1.807) is 6.92 Å². The third-order valence-electron chi connectivity index (χ3n) is 3.27. The Kier molecular flexibility index (Phi) is 6.54. The van der Waals surface area contributed by atoms with Crippen LogP contribution in [0.5, 0.6) is 5.75 Å². The van der Waals surface area contributed by atoms with Gasteiger partial charge in [-0.05, 0) is 37.3 Å². The van der Waals surface area contributed by atoms with Crippen LogP contribution in [-0.4, -0.2) is 29.9 Å². The van der Waals surface area contributed by atoms with Crippen molar-refractivity contribution < 1.29 is 24.0 Å². The van der Waals surface area contributed by atoms with Gasteiger partial charge in [0.2, 0.25) is 0 Å². The fourth-order valence-corrected chi connectivity index (χ4v) is 2.33. The van der Waals surface area contributed by atoms with Gasteiger partial charge in [-0.25, -0.2) is 4.79 Å². The highest BCUT2D eigenvalue weighted by molar-refractivity contribution is 6.42. The van der Waals surface area contributed by atoms with Crippen molar-refractivity contribution in [2.75, 3.05) is 13.2 Å². The van der Waals surface area contributed by atoms with Gasteiger partial charge in [0.05, 0.1) is 27.1 Å². The van der Waals surface area contributed by atoms with Crippen LogP contribution in [0.25, 0.3) is 0 Å². The Morgan fingerprint density at radius 2 is 1.77 bits per heavy atom. The van der Waals surface area contributed by atoms with Crippen LogP contribution in [0.1, 0.15) is 27.6 Å². The number of hydrogen-bond donors (Lipinski definition) is 0. The molecule has 0 bridgehead atoms. The lowest BCUT2D eigenvalue weighted by Crippen LogP contribution is -2.14. The van der Waals surface area contributed by atoms with E-state index in [1.807, 2.05) is 0 Å². The molecule has 7 nitrogen and oxygen atoms in total. The maximum absolute atomic E-state index is 12.1. The van der Waals surface area contributed by atoms with Crippen molar-refractivity contribution in [3.8, 4) is 5.75 Å². The Morgan fingerprint density at radius 3 is 2.38 bits per heavy atom. The first-order valence-corrected chi connectivity index (χ1v) is 8.15. The molecule has 0 N–H and O–H groups in total. The van der Waals surface area contributed by atoms with Crippen LogP contribution in [0.15, 0.2) is 36.4 Å². The number of ketones is 1. The second-order valence-corrected chi connectivity index (χ2v) is 5.82. The number of halogens is 2. The SMILES string of the molecule is CCOc1ccc(C(=O)OCC(=O)c2ccc(Cl)c(Cl)c2)cc1[N+](=O)[O-]. The van der Waals surface area contributed by atoms with Gasteiger partial charge in [-0.3, -0.25) is 14.9 Å². The molecule has 0 aliphatic carbocycles. The number of benzene rings is 2. The summed E-state index contributed by atoms with van der Waals surface area (Å²) < 4.78 is 10.1. The number of carbonyl (C=O) groups excluding carboxylic acids is 2. The van der Waals surface area contributed by atoms with E-state index in [1.165, 1.54) is 30.3 Å². The molecule has 0 saturated heterocycles. The van der Waals surface area contributed by atoms with Crippen molar-refractivity contribution in [2.45, 2.75) is 6.92 Å². The molecule has 0 fully saturated rings. The van der Waals surface area contributed by atoms with Crippen LogP contribution in [0.3, 0.4) is 0 Å². The van der Waals surface area contributed by atoms with Gasteiger partial charge in [-0.2, -0.15) is 0 Å². The summed E-state index contributed by atoms with van der Waals surface area (Å²) >= 11 is 11.6. The van der Waals surface area contributed by atoms with Crippen molar-refractivity contribution in [3.05, 3.63) is 67.7 Å². The molecule has 0 spiro atoms. The molecule has 0 unspecified atom stereocenters. The fraction of sp³-hybridized carbons (Fsp3) is 0.176. The minimum absolute atomic E-state index is 0.0425. The molecule has 136 valence electrons. The van der Waals surface area contributed by atoms with Crippen LogP contribution in [0, 0.1) is 10.1 Å². The molecule has 26 heavy (non-hydrogen) atoms. The second-order valence-electron chi connectivity index (χ2n) is 5.00. The summed E-state index contributed by atoms with van der Waals surface area (Å²) in [6, 6.07) is 7.93. The van der Waals surface area contributed by atoms with E-state index in [0.29, 0.717) is 5.02 Å². The second kappa shape index (κ2) is 8.64. The molecule has 0 aliphatic heterocycles. The smallest absolute Gasteiger partial charge is 0.338 e. The van der Waals surface area contributed by atoms with Gasteiger partial charge in [-0.15, -0.1) is 0 Å². The van der Waals surface area contributed by atoms with Crippen LogP contribution >= 0.6 is 23.2 Å². The highest BCUT2D eigenvalue weighted by Gasteiger charge is 2.20. The Bertz CT molecular complexity index is 868. The van der Waals surface area contributed by atoms with Crippen LogP contribution in [0.4, 0.5) is 5.69 Å². The number of nitrogens with zero attached hydrogens (tertiary/aromatic N) is 1. The lowest BCUT2D eigenvalue weighted by Gasteiger charge is -2.07. The summed E-state index contributed by atoms with van der Waals surface area (Å²) in [6.45, 7) is 1.38. The van der Waals surface area contributed by atoms with Crippen molar-refractivity contribution in [2.24, 2.45) is 0 Å². The average molecular weight is 398 g/mol. The largest absolute Gasteiger partial charge is 0.487 e. The fourth-order valence-electron chi connectivity index (χ4n) is 2.03. The monoisotopic (exact) mass is 397 g/mol. The Morgan fingerprint density at radius 1 is 1.08 bits per heavy atom. The molecule has 0 aliphatic rings. The van der Waals surface area contributed by atoms with Gasteiger partial charge >= 0.3 is 11.7 Å². The van der Waals surface area contributed by atoms with E-state index in [9.17, 15) is 19.7 Å². The predicted octanol–water partition coefficient (Wildman–Crippen LogP) is 4.34. The van der Waals surface area contributed by atoms with Gasteiger partial charge in [0.25, 0.3) is 0 Å². The molecule has 2 aromatic rings. The standard InChI is InChI=1S/C17H13Cl2NO6/c1-2-25-16-6-4-11(8-14(16)20(23)24)17(22)26-9-15(21)10-3-5-12(18)13(19)7-10/h3-8H,2,9H2,1H3. The Labute approximate surface area is 158 Å². The summed E-state index contributed by atoms with van der Waals surface area (Å²) in [4.78, 5) is 34.5. The zero-order chi connectivity index (χ0) is 19.3. The van der Waals surface area contributed by atoms with Crippen LogP contribution < -0.4 is 4.74 Å². The number of rotatable bonds is 7. The normalized spacial score (nSPS) is 10.3. The van der Waals surface area contributed by atoms with Gasteiger partial charge in [0.1, 0.15) is 0 Å². The first-order chi connectivity index (χ1) is 12.3. The summed E-state index contributed by atoms with van der Waals surface area (Å²) in [5.41, 5.74) is -0.205. The minimum atomic E-state index is -0.871. The van der Waals surface area contributed by atoms with Crippen LogP contribution in [0.2, 0.25) is 10.0 Å². The average Bonchev–Trinajstić information content (AvgIpc) is 2.62. The van der Waals surface area contributed by atoms with Crippen molar-refractivity contribution in [1.29, 1.82) is 0 Å². The number of nitro benzene ring substituents is 1. The molecule has 9 heteroatoms. The molecule has 2 aromatic carbocycles. The molecule has 0 saturated carbocycles. The third kappa shape index (κ3) is 4.71. The van der Waals surface area contributed by atoms with Crippen LogP contribution in [-0.2, 0) is 4.74 Å². The summed E-state index contributed by atoms with van der Waals surface area (Å²) in [5, 5.41) is 11.6. The topological polar surface area (TPSA) is 95.7 Å². The molecule has 0 amide bonds. The maximum Gasteiger partial charge on any atom is 0.338 e. The van der Waals surface area contributed by atoms with E-state index in [4.69, 9.17) is 32.7 Å². The highest BCUT2D eigenvalue weighted by atomic mass is 35.5. The van der Waals surface area contributed by atoms with Crippen molar-refractivity contribution in [3.63, 3.8) is 0 Å². The molecule has 0 heterocycles. The number of Topliss-reactive ketones (excluding diaryl/α,β-unsaturated/α-hetero) is 1. The van der Waals surface area contributed by atoms with Gasteiger partial charge in [0.15, 0.2) is 18.1 Å². The first-order valence-electron chi connectivity index (χ1n) is 7.40. The number of esters is 1. The minimum Gasteiger partial charge on any atom is -0.487 e. The quantitative estimate of drug-likeness (QED) is 0.298. The number of carbonyl (C=O) groups is 2. The summed E-state index contributed by atoms with van der Waals surface area (Å²) in [5.74, 6) is -1.32. The lowest BCUT2D eigenvalue weighted by molar-refractivity contribution is -0.385. The maximum atomic E-state index is 12.1. The molecule has 0 atom stereocenters. The lowest BCUT2D eigenvalue weighted by atomic mass is 10.1. The van der Waals surface area contributed by atoms with Gasteiger partial charge in [-0.1, -0.05) is 23.2 Å². The highest BCUT2D eigenvalue weighted by Crippen LogP contribution is 2.28. The molecule has 0 aromatic heterocycles. The molecular formula is C17H13Cl2NO6. The van der Waals surface area contributed by atoms with Crippen molar-refractivity contribution >= 4 is 40.6 Å². The zero-order valence-electron chi connectivity index (χ0n) is 13.5. The van der Waals surface area contributed by atoms with E-state index in [0.717, 1.165) is 6.07 Å². The molecular weight excluding hydrogens is 385 g/mol. The van der Waals surface area contributed by atoms with E-state index in [-0.39, 0.29) is 34.2 Å². The first kappa shape index (κ1) is 19.7. The number of ether oxygens (including phenoxy) is 2. The Balaban J connectivity index is 2.09. The van der Waals surface area contributed by atoms with Crippen molar-refractivity contribution in [1.82, 2.24) is 0 Å². The van der Waals surface area contributed by atoms with E-state index in [2.05, 4.69) is 0 Å². The predicted molar refractivity (Wildman–Crippen MR) is 95.3 cm³/mol. The van der Waals surface area contributed by atoms with E-state index < -0.39 is 23.3 Å². The molecule has 0 radical (unpaired) electrons. The third-order valence-corrected chi connectivity index (χ3v) is 4.01. The Hall–Kier alpha value is -2.64.